The molecule has 0 aliphatic rings. The van der Waals surface area contributed by atoms with Crippen molar-refractivity contribution in [3.8, 4) is 0 Å². The minimum Gasteiger partial charge on any atom is -0.480 e. The van der Waals surface area contributed by atoms with Gasteiger partial charge in [0.05, 0.1) is 0 Å². The molecule has 0 spiro atoms. The maximum Gasteiger partial charge on any atom is 0.324 e. The fourth-order valence-electron chi connectivity index (χ4n) is 0.281. The van der Waals surface area contributed by atoms with E-state index in [9.17, 15) is 4.79 Å². The van der Waals surface area contributed by atoms with E-state index in [2.05, 4.69) is 6.58 Å². The van der Waals surface area contributed by atoms with Gasteiger partial charge in [0.1, 0.15) is 6.04 Å². The van der Waals surface area contributed by atoms with Crippen LogP contribution in [0, 0.1) is 0 Å². The van der Waals surface area contributed by atoms with Crippen molar-refractivity contribution < 1.29 is 9.90 Å². The van der Waals surface area contributed by atoms with E-state index in [1.807, 2.05) is 0 Å². The summed E-state index contributed by atoms with van der Waals surface area (Å²) < 4.78 is 0. The zero-order valence-corrected chi connectivity index (χ0v) is 4.95. The minimum absolute atomic E-state index is 0.914. The molecule has 3 N–H and O–H groups in total. The fourth-order valence-corrected chi connectivity index (χ4v) is 0.281. The molecule has 0 fully saturated rings. The lowest BCUT2D eigenvalue weighted by molar-refractivity contribution is -0.137. The first-order valence-electron chi connectivity index (χ1n) is 2.46. The smallest absolute Gasteiger partial charge is 0.324 e. The summed E-state index contributed by atoms with van der Waals surface area (Å²) in [6.07, 6.45) is 4.33. The first-order valence-corrected chi connectivity index (χ1v) is 2.46. The number of hydrogen-bond acceptors (Lipinski definition) is 2. The summed E-state index contributed by atoms with van der Waals surface area (Å²) in [5, 5.41) is 8.20. The lowest BCUT2D eigenvalue weighted by atomic mass is 10.3. The average Bonchev–Trinajstić information content (AvgIpc) is 1.82. The summed E-state index contributed by atoms with van der Waals surface area (Å²) in [4.78, 5) is 9.99. The minimum atomic E-state index is -1.03. The van der Waals surface area contributed by atoms with Crippen molar-refractivity contribution >= 4 is 5.97 Å². The molecule has 0 radical (unpaired) electrons. The number of carbonyl (C=O) groups is 1. The Hall–Kier alpha value is -1.09. The van der Waals surface area contributed by atoms with Crippen LogP contribution in [0.15, 0.2) is 24.8 Å². The second-order valence-corrected chi connectivity index (χ2v) is 1.48. The second kappa shape index (κ2) is 3.86. The number of nitrogens with two attached hydrogens (primary N) is 1. The SMILES string of the molecule is C=CC=C[C@H](N)C(=O)O. The normalized spacial score (nSPS) is 13.4. The van der Waals surface area contributed by atoms with Gasteiger partial charge < -0.3 is 10.8 Å². The molecule has 0 saturated carbocycles. The molecule has 0 amide bonds. The lowest BCUT2D eigenvalue weighted by Gasteiger charge is -1.94. The molecule has 0 rings (SSSR count). The van der Waals surface area contributed by atoms with E-state index in [0.717, 1.165) is 0 Å². The monoisotopic (exact) mass is 127 g/mol. The predicted octanol–water partition coefficient (Wildman–Crippen LogP) is 0.140. The predicted molar refractivity (Wildman–Crippen MR) is 34.9 cm³/mol. The van der Waals surface area contributed by atoms with Crippen LogP contribution in [0.5, 0.6) is 0 Å². The van der Waals surface area contributed by atoms with Gasteiger partial charge in [-0.2, -0.15) is 0 Å². The van der Waals surface area contributed by atoms with Crippen LogP contribution >= 0.6 is 0 Å². The Morgan fingerprint density at radius 3 is 2.67 bits per heavy atom. The van der Waals surface area contributed by atoms with E-state index < -0.39 is 12.0 Å². The number of carboxylic acid groups (broad SMARTS) is 1. The van der Waals surface area contributed by atoms with Crippen LogP contribution in [0.2, 0.25) is 0 Å². The van der Waals surface area contributed by atoms with E-state index >= 15 is 0 Å². The highest BCUT2D eigenvalue weighted by Gasteiger charge is 2.03. The zero-order chi connectivity index (χ0) is 7.28. The molecule has 9 heavy (non-hydrogen) atoms. The lowest BCUT2D eigenvalue weighted by Crippen LogP contribution is -2.27. The molecule has 1 atom stereocenters. The summed E-state index contributed by atoms with van der Waals surface area (Å²) in [7, 11) is 0. The summed E-state index contributed by atoms with van der Waals surface area (Å²) >= 11 is 0. The van der Waals surface area contributed by atoms with Crippen molar-refractivity contribution in [2.24, 2.45) is 5.73 Å². The van der Waals surface area contributed by atoms with Gasteiger partial charge in [0, 0.05) is 0 Å². The van der Waals surface area contributed by atoms with E-state index in [4.69, 9.17) is 10.8 Å². The van der Waals surface area contributed by atoms with Crippen LogP contribution < -0.4 is 5.73 Å². The van der Waals surface area contributed by atoms with Gasteiger partial charge in [0.25, 0.3) is 0 Å². The Labute approximate surface area is 53.5 Å². The third-order valence-corrected chi connectivity index (χ3v) is 0.740. The molecule has 50 valence electrons. The molecule has 3 heteroatoms. The number of hydrogen-bond donors (Lipinski definition) is 2. The molecule has 0 saturated heterocycles. The van der Waals surface area contributed by atoms with Crippen LogP contribution in [-0.2, 0) is 4.79 Å². The molecule has 0 aliphatic heterocycles. The van der Waals surface area contributed by atoms with Gasteiger partial charge >= 0.3 is 5.97 Å². The van der Waals surface area contributed by atoms with Crippen LogP contribution in [-0.4, -0.2) is 17.1 Å². The van der Waals surface area contributed by atoms with Crippen molar-refractivity contribution in [2.45, 2.75) is 6.04 Å². The molecule has 0 heterocycles. The summed E-state index contributed by atoms with van der Waals surface area (Å²) in [6, 6.07) is -0.914. The Morgan fingerprint density at radius 2 is 2.33 bits per heavy atom. The molecule has 0 aromatic carbocycles. The van der Waals surface area contributed by atoms with Gasteiger partial charge in [-0.1, -0.05) is 24.8 Å². The largest absolute Gasteiger partial charge is 0.480 e. The Kier molecular flexibility index (Phi) is 3.39. The van der Waals surface area contributed by atoms with E-state index in [-0.39, 0.29) is 0 Å². The number of allylic oxidation sites excluding steroid dienone is 2. The summed E-state index contributed by atoms with van der Waals surface area (Å²) in [5.41, 5.74) is 5.07. The first kappa shape index (κ1) is 7.91. The van der Waals surface area contributed by atoms with Crippen molar-refractivity contribution in [2.75, 3.05) is 0 Å². The zero-order valence-electron chi connectivity index (χ0n) is 4.95. The van der Waals surface area contributed by atoms with Crippen molar-refractivity contribution in [1.29, 1.82) is 0 Å². The highest BCUT2D eigenvalue weighted by Crippen LogP contribution is 1.81. The van der Waals surface area contributed by atoms with Crippen molar-refractivity contribution in [1.82, 2.24) is 0 Å². The molecule has 3 nitrogen and oxygen atoms in total. The molecular formula is C6H9NO2. The maximum absolute atomic E-state index is 9.99. The van der Waals surface area contributed by atoms with Gasteiger partial charge in [-0.3, -0.25) is 4.79 Å². The van der Waals surface area contributed by atoms with Crippen LogP contribution in [0.1, 0.15) is 0 Å². The van der Waals surface area contributed by atoms with E-state index in [1.165, 1.54) is 18.2 Å². The van der Waals surface area contributed by atoms with Gasteiger partial charge in [-0.25, -0.2) is 0 Å². The molecule has 0 bridgehead atoms. The number of carboxylic acids is 1. The van der Waals surface area contributed by atoms with Gasteiger partial charge in [-0.15, -0.1) is 0 Å². The van der Waals surface area contributed by atoms with Gasteiger partial charge in [0.15, 0.2) is 0 Å². The molecule has 0 aliphatic carbocycles. The van der Waals surface area contributed by atoms with E-state index in [1.54, 1.807) is 0 Å². The van der Waals surface area contributed by atoms with Gasteiger partial charge in [0.2, 0.25) is 0 Å². The standard InChI is InChI=1S/C6H9NO2/c1-2-3-4-5(7)6(8)9/h2-5H,1,7H2,(H,8,9)/t5-/m0/s1. The van der Waals surface area contributed by atoms with E-state index in [0.29, 0.717) is 0 Å². The maximum atomic E-state index is 9.99. The van der Waals surface area contributed by atoms with Crippen LogP contribution in [0.3, 0.4) is 0 Å². The topological polar surface area (TPSA) is 63.3 Å². The summed E-state index contributed by atoms with van der Waals surface area (Å²) in [5.74, 6) is -1.03. The first-order chi connectivity index (χ1) is 4.18. The molecule has 0 unspecified atom stereocenters. The molecule has 0 aromatic rings. The summed E-state index contributed by atoms with van der Waals surface area (Å²) in [6.45, 7) is 3.36. The Bertz CT molecular complexity index is 140. The molecular weight excluding hydrogens is 118 g/mol. The fraction of sp³-hybridized carbons (Fsp3) is 0.167. The Balaban J connectivity index is 3.75. The molecule has 0 aromatic heterocycles. The third kappa shape index (κ3) is 3.49. The van der Waals surface area contributed by atoms with Crippen LogP contribution in [0.4, 0.5) is 0 Å². The second-order valence-electron chi connectivity index (χ2n) is 1.48. The Morgan fingerprint density at radius 1 is 1.78 bits per heavy atom. The van der Waals surface area contributed by atoms with Gasteiger partial charge in [-0.05, 0) is 0 Å². The number of aliphatic carboxylic acids is 1. The van der Waals surface area contributed by atoms with Crippen LogP contribution in [0.25, 0.3) is 0 Å². The average molecular weight is 127 g/mol. The quantitative estimate of drug-likeness (QED) is 0.530. The third-order valence-electron chi connectivity index (χ3n) is 0.740. The highest BCUT2D eigenvalue weighted by atomic mass is 16.4. The number of rotatable bonds is 3. The van der Waals surface area contributed by atoms with Crippen molar-refractivity contribution in [3.05, 3.63) is 24.8 Å². The highest BCUT2D eigenvalue weighted by molar-refractivity contribution is 5.75. The van der Waals surface area contributed by atoms with Crippen molar-refractivity contribution in [3.63, 3.8) is 0 Å².